The van der Waals surface area contributed by atoms with E-state index in [1.165, 1.54) is 0 Å². The molecule has 0 aliphatic rings. The highest BCUT2D eigenvalue weighted by atomic mass is 16.5. The lowest BCUT2D eigenvalue weighted by atomic mass is 10.2. The molecule has 0 saturated carbocycles. The quantitative estimate of drug-likeness (QED) is 0.663. The summed E-state index contributed by atoms with van der Waals surface area (Å²) in [6.45, 7) is 2.44. The van der Waals surface area contributed by atoms with Gasteiger partial charge < -0.3 is 21.1 Å². The molecule has 6 heteroatoms. The maximum absolute atomic E-state index is 11.6. The van der Waals surface area contributed by atoms with Crippen molar-refractivity contribution in [2.45, 2.75) is 13.0 Å². The van der Waals surface area contributed by atoms with Crippen LogP contribution in [0.2, 0.25) is 0 Å². The number of methoxy groups -OCH3 is 1. The van der Waals surface area contributed by atoms with Crippen LogP contribution in [0.1, 0.15) is 17.3 Å². The number of benzene rings is 1. The Morgan fingerprint density at radius 3 is 2.79 bits per heavy atom. The van der Waals surface area contributed by atoms with Crippen LogP contribution in [0, 0.1) is 0 Å². The lowest BCUT2D eigenvalue weighted by Crippen LogP contribution is -2.39. The van der Waals surface area contributed by atoms with Crippen molar-refractivity contribution in [3.63, 3.8) is 0 Å². The Hall–Kier alpha value is -2.08. The lowest BCUT2D eigenvalue weighted by molar-refractivity contribution is -0.120. The largest absolute Gasteiger partial charge is 0.383 e. The van der Waals surface area contributed by atoms with Crippen LogP contribution in [-0.4, -0.2) is 38.1 Å². The second-order valence-electron chi connectivity index (χ2n) is 4.22. The first-order valence-electron chi connectivity index (χ1n) is 5.95. The number of carbonyl (C=O) groups is 2. The summed E-state index contributed by atoms with van der Waals surface area (Å²) in [7, 11) is 1.58. The monoisotopic (exact) mass is 265 g/mol. The van der Waals surface area contributed by atoms with E-state index < -0.39 is 5.91 Å². The number of hydrogen-bond donors (Lipinski definition) is 3. The zero-order chi connectivity index (χ0) is 14.3. The minimum atomic E-state index is -0.498. The molecule has 6 nitrogen and oxygen atoms in total. The van der Waals surface area contributed by atoms with Crippen LogP contribution in [0.5, 0.6) is 0 Å². The van der Waals surface area contributed by atoms with Crippen LogP contribution in [0.4, 0.5) is 5.69 Å². The van der Waals surface area contributed by atoms with E-state index >= 15 is 0 Å². The van der Waals surface area contributed by atoms with Gasteiger partial charge in [0.15, 0.2) is 0 Å². The van der Waals surface area contributed by atoms with E-state index in [-0.39, 0.29) is 18.5 Å². The van der Waals surface area contributed by atoms with Gasteiger partial charge in [-0.05, 0) is 25.1 Å². The topological polar surface area (TPSA) is 93.4 Å². The summed E-state index contributed by atoms with van der Waals surface area (Å²) in [4.78, 5) is 22.6. The maximum atomic E-state index is 11.6. The van der Waals surface area contributed by atoms with E-state index in [0.29, 0.717) is 17.9 Å². The number of hydrogen-bond acceptors (Lipinski definition) is 4. The fraction of sp³-hybridized carbons (Fsp3) is 0.385. The van der Waals surface area contributed by atoms with Gasteiger partial charge >= 0.3 is 0 Å². The second kappa shape index (κ2) is 7.38. The third kappa shape index (κ3) is 5.39. The highest BCUT2D eigenvalue weighted by Gasteiger charge is 2.07. The molecule has 1 unspecified atom stereocenters. The van der Waals surface area contributed by atoms with Crippen molar-refractivity contribution in [2.24, 2.45) is 5.73 Å². The highest BCUT2D eigenvalue weighted by Crippen LogP contribution is 2.09. The van der Waals surface area contributed by atoms with Gasteiger partial charge in [0.1, 0.15) is 0 Å². The summed E-state index contributed by atoms with van der Waals surface area (Å²) in [5, 5.41) is 5.70. The average Bonchev–Trinajstić information content (AvgIpc) is 2.37. The Bertz CT molecular complexity index is 449. The van der Waals surface area contributed by atoms with Crippen molar-refractivity contribution in [3.8, 4) is 0 Å². The zero-order valence-corrected chi connectivity index (χ0v) is 11.1. The van der Waals surface area contributed by atoms with Crippen molar-refractivity contribution in [3.05, 3.63) is 29.8 Å². The molecule has 1 aromatic carbocycles. The molecular weight excluding hydrogens is 246 g/mol. The van der Waals surface area contributed by atoms with Gasteiger partial charge in [-0.25, -0.2) is 0 Å². The van der Waals surface area contributed by atoms with Gasteiger partial charge in [-0.1, -0.05) is 6.07 Å². The molecule has 0 radical (unpaired) electrons. The minimum absolute atomic E-state index is 0.0451. The van der Waals surface area contributed by atoms with Gasteiger partial charge in [0.2, 0.25) is 11.8 Å². The van der Waals surface area contributed by atoms with Crippen LogP contribution in [0.15, 0.2) is 24.3 Å². The number of amides is 2. The molecule has 1 rings (SSSR count). The Labute approximate surface area is 112 Å². The number of nitrogens with one attached hydrogen (secondary N) is 2. The molecule has 2 amide bonds. The summed E-state index contributed by atoms with van der Waals surface area (Å²) in [6.07, 6.45) is 0. The third-order valence-electron chi connectivity index (χ3n) is 2.42. The first kappa shape index (κ1) is 15.0. The SMILES string of the molecule is COCC(C)NC(=O)CNc1cccc(C(N)=O)c1. The minimum Gasteiger partial charge on any atom is -0.383 e. The summed E-state index contributed by atoms with van der Waals surface area (Å²) in [6, 6.07) is 6.64. The van der Waals surface area contributed by atoms with Crippen LogP contribution in [0.25, 0.3) is 0 Å². The third-order valence-corrected chi connectivity index (χ3v) is 2.42. The molecule has 0 aliphatic heterocycles. The van der Waals surface area contributed by atoms with E-state index in [9.17, 15) is 9.59 Å². The molecule has 0 fully saturated rings. The predicted molar refractivity (Wildman–Crippen MR) is 72.9 cm³/mol. The van der Waals surface area contributed by atoms with E-state index in [2.05, 4.69) is 10.6 Å². The number of primary amides is 1. The molecule has 0 heterocycles. The van der Waals surface area contributed by atoms with Gasteiger partial charge in [0, 0.05) is 24.4 Å². The second-order valence-corrected chi connectivity index (χ2v) is 4.22. The fourth-order valence-corrected chi connectivity index (χ4v) is 1.58. The maximum Gasteiger partial charge on any atom is 0.248 e. The van der Waals surface area contributed by atoms with Gasteiger partial charge in [0.25, 0.3) is 0 Å². The molecular formula is C13H19N3O3. The highest BCUT2D eigenvalue weighted by molar-refractivity contribution is 5.93. The summed E-state index contributed by atoms with van der Waals surface area (Å²) < 4.78 is 4.92. The summed E-state index contributed by atoms with van der Waals surface area (Å²) in [5.41, 5.74) is 6.25. The molecule has 0 bridgehead atoms. The fourth-order valence-electron chi connectivity index (χ4n) is 1.58. The number of carbonyl (C=O) groups excluding carboxylic acids is 2. The summed E-state index contributed by atoms with van der Waals surface area (Å²) in [5.74, 6) is -0.643. The van der Waals surface area contributed by atoms with Gasteiger partial charge in [-0.15, -0.1) is 0 Å². The van der Waals surface area contributed by atoms with Gasteiger partial charge in [-0.2, -0.15) is 0 Å². The molecule has 0 aromatic heterocycles. The van der Waals surface area contributed by atoms with Gasteiger partial charge in [0.05, 0.1) is 13.2 Å². The standard InChI is InChI=1S/C13H19N3O3/c1-9(8-19-2)16-12(17)7-15-11-5-3-4-10(6-11)13(14)18/h3-6,9,15H,7-8H2,1-2H3,(H2,14,18)(H,16,17). The smallest absolute Gasteiger partial charge is 0.248 e. The Morgan fingerprint density at radius 2 is 2.16 bits per heavy atom. The van der Waals surface area contributed by atoms with Crippen molar-refractivity contribution < 1.29 is 14.3 Å². The van der Waals surface area contributed by atoms with Crippen molar-refractivity contribution in [1.29, 1.82) is 0 Å². The van der Waals surface area contributed by atoms with E-state index in [4.69, 9.17) is 10.5 Å². The lowest BCUT2D eigenvalue weighted by Gasteiger charge is -2.13. The molecule has 4 N–H and O–H groups in total. The predicted octanol–water partition coefficient (Wildman–Crippen LogP) is 0.349. The van der Waals surface area contributed by atoms with Crippen LogP contribution in [-0.2, 0) is 9.53 Å². The number of nitrogens with two attached hydrogens (primary N) is 1. The van der Waals surface area contributed by atoms with Crippen molar-refractivity contribution in [2.75, 3.05) is 25.6 Å². The molecule has 1 aromatic rings. The van der Waals surface area contributed by atoms with Crippen LogP contribution < -0.4 is 16.4 Å². The molecule has 0 aliphatic carbocycles. The normalized spacial score (nSPS) is 11.7. The Morgan fingerprint density at radius 1 is 1.42 bits per heavy atom. The van der Waals surface area contributed by atoms with Crippen LogP contribution in [0.3, 0.4) is 0 Å². The summed E-state index contributed by atoms with van der Waals surface area (Å²) >= 11 is 0. The molecule has 0 saturated heterocycles. The molecule has 19 heavy (non-hydrogen) atoms. The molecule has 1 atom stereocenters. The molecule has 0 spiro atoms. The number of anilines is 1. The van der Waals surface area contributed by atoms with E-state index in [1.807, 2.05) is 6.92 Å². The van der Waals surface area contributed by atoms with Crippen molar-refractivity contribution >= 4 is 17.5 Å². The Balaban J connectivity index is 2.46. The van der Waals surface area contributed by atoms with E-state index in [1.54, 1.807) is 31.4 Å². The van der Waals surface area contributed by atoms with Gasteiger partial charge in [-0.3, -0.25) is 9.59 Å². The average molecular weight is 265 g/mol. The first-order valence-corrected chi connectivity index (χ1v) is 5.95. The Kier molecular flexibility index (Phi) is 5.81. The van der Waals surface area contributed by atoms with Crippen molar-refractivity contribution in [1.82, 2.24) is 5.32 Å². The zero-order valence-electron chi connectivity index (χ0n) is 11.1. The molecule has 104 valence electrons. The number of ether oxygens (including phenoxy) is 1. The number of rotatable bonds is 7. The van der Waals surface area contributed by atoms with E-state index in [0.717, 1.165) is 0 Å². The first-order chi connectivity index (χ1) is 9.02. The van der Waals surface area contributed by atoms with Crippen LogP contribution >= 0.6 is 0 Å².